The number of piperazine rings is 1. The molecule has 2 aliphatic rings. The van der Waals surface area contributed by atoms with E-state index in [1.165, 1.54) is 65.6 Å². The van der Waals surface area contributed by atoms with Crippen LogP contribution in [-0.4, -0.2) is 65.6 Å². The van der Waals surface area contributed by atoms with Crippen LogP contribution in [0.1, 0.15) is 0 Å². The Labute approximate surface area is 155 Å². The maximum atomic E-state index is 8.49. The fourth-order valence-electron chi connectivity index (χ4n) is 2.94. The van der Waals surface area contributed by atoms with Gasteiger partial charge in [-0.3, -0.25) is 8.97 Å². The van der Waals surface area contributed by atoms with Crippen LogP contribution in [-0.2, 0) is 0 Å². The quantitative estimate of drug-likeness (QED) is 0.262. The topological polar surface area (TPSA) is 184 Å². The third-order valence-corrected chi connectivity index (χ3v) is 4.52. The summed E-state index contributed by atoms with van der Waals surface area (Å²) in [7, 11) is -9.89. The van der Waals surface area contributed by atoms with E-state index in [1.807, 2.05) is 0 Å². The molecule has 0 aromatic heterocycles. The summed E-state index contributed by atoms with van der Waals surface area (Å²) >= 11 is 7.16. The number of halogens is 4. The van der Waals surface area contributed by atoms with Gasteiger partial charge in [0.05, 0.1) is 23.7 Å². The second-order valence-corrected chi connectivity index (χ2v) is 8.40. The highest BCUT2D eigenvalue weighted by molar-refractivity contribution is 9.09. The second kappa shape index (κ2) is 9.73. The minimum absolute atomic E-state index is 1.17. The lowest BCUT2D eigenvalue weighted by molar-refractivity contribution is -2.00. The van der Waals surface area contributed by atoms with Crippen LogP contribution in [0.2, 0.25) is 0 Å². The van der Waals surface area contributed by atoms with Crippen molar-refractivity contribution < 1.29 is 66.7 Å². The van der Waals surface area contributed by atoms with E-state index in [-0.39, 0.29) is 0 Å². The van der Waals surface area contributed by atoms with E-state index in [2.05, 4.69) is 31.9 Å². The molecule has 0 spiro atoms. The van der Waals surface area contributed by atoms with E-state index >= 15 is 0 Å². The first-order valence-corrected chi connectivity index (χ1v) is 11.0. The van der Waals surface area contributed by atoms with E-state index in [4.69, 9.17) is 37.3 Å². The van der Waals surface area contributed by atoms with E-state index in [1.54, 1.807) is 0 Å². The van der Waals surface area contributed by atoms with Crippen LogP contribution in [0.25, 0.3) is 0 Å². The van der Waals surface area contributed by atoms with Gasteiger partial charge in [0.15, 0.2) is 0 Å². The Morgan fingerprint density at radius 1 is 0.609 bits per heavy atom. The number of hydrogen-bond donors (Lipinski definition) is 0. The fourth-order valence-corrected chi connectivity index (χ4v) is 4.44. The van der Waals surface area contributed by atoms with Crippen molar-refractivity contribution in [1.29, 1.82) is 0 Å². The van der Waals surface area contributed by atoms with Gasteiger partial charge in [-0.1, -0.05) is 31.9 Å². The minimum atomic E-state index is -4.94. The molecule has 0 N–H and O–H groups in total. The monoisotopic (exact) mass is 510 g/mol. The van der Waals surface area contributed by atoms with Gasteiger partial charge in [-0.2, -0.15) is 0 Å². The van der Waals surface area contributed by atoms with Crippen molar-refractivity contribution in [2.75, 3.05) is 56.6 Å². The average molecular weight is 513 g/mol. The smallest absolute Gasteiger partial charge is 0.208 e. The molecule has 140 valence electrons. The van der Waals surface area contributed by atoms with Crippen molar-refractivity contribution in [1.82, 2.24) is 0 Å². The van der Waals surface area contributed by atoms with Crippen molar-refractivity contribution in [3.05, 3.63) is 0 Å². The number of fused-ring (bicyclic) bond motifs is 2. The number of hydrogen-bond acceptors (Lipinski definition) is 8. The molecular weight excluding hydrogens is 495 g/mol. The van der Waals surface area contributed by atoms with Gasteiger partial charge in [0.25, 0.3) is 0 Å². The third kappa shape index (κ3) is 12.2. The van der Waals surface area contributed by atoms with E-state index in [0.29, 0.717) is 0 Å². The lowest BCUT2D eigenvalue weighted by atomic mass is 10.3. The lowest BCUT2D eigenvalue weighted by Crippen LogP contribution is -2.68. The molecule has 0 unspecified atom stereocenters. The van der Waals surface area contributed by atoms with Crippen LogP contribution in [0.15, 0.2) is 0 Å². The molecule has 0 atom stereocenters. The molecule has 2 saturated heterocycles. The van der Waals surface area contributed by atoms with Gasteiger partial charge >= 0.3 is 0 Å². The van der Waals surface area contributed by atoms with E-state index < -0.39 is 20.5 Å². The minimum Gasteiger partial charge on any atom is -0.267 e. The van der Waals surface area contributed by atoms with Gasteiger partial charge in [0, 0.05) is 0 Å². The fraction of sp³-hybridized carbons (Fsp3) is 1.00. The largest absolute Gasteiger partial charge is 0.267 e. The molecule has 2 fully saturated rings. The van der Waals surface area contributed by atoms with Crippen molar-refractivity contribution in [2.45, 2.75) is 0 Å². The lowest BCUT2D eigenvalue weighted by Gasteiger charge is -2.26. The van der Waals surface area contributed by atoms with Gasteiger partial charge in [-0.15, -0.1) is 20.5 Å². The average Bonchev–Trinajstić information content (AvgIpc) is 2.81. The Kier molecular flexibility index (Phi) is 10.2. The van der Waals surface area contributed by atoms with Gasteiger partial charge in [0.2, 0.25) is 6.67 Å². The first kappa shape index (κ1) is 24.1. The molecule has 2 rings (SSSR count). The molecule has 2 bridgehead atoms. The summed E-state index contributed by atoms with van der Waals surface area (Å²) in [6.45, 7) is 9.73. The highest BCUT2D eigenvalue weighted by atomic mass is 79.9. The standard InChI is InChI=1S/C9H18Br2N2.2ClHO4/c10-1-3-12-5-7-13(9-12,4-2-11)8-6-12;2*2-1(3,4)5/h1-9H2;2*(H,2,3,4,5)/q+2;;/p-2. The molecule has 2 heterocycles. The summed E-state index contributed by atoms with van der Waals surface area (Å²) < 4.78 is 70.7. The van der Waals surface area contributed by atoms with E-state index in [0.717, 1.165) is 0 Å². The molecule has 0 amide bonds. The molecule has 14 heteroatoms. The zero-order chi connectivity index (χ0) is 18.4. The summed E-state index contributed by atoms with van der Waals surface area (Å²) in [5.41, 5.74) is 0. The Bertz CT molecular complexity index is 303. The Hall–Kier alpha value is 1.14. The summed E-state index contributed by atoms with van der Waals surface area (Å²) in [6.07, 6.45) is 0. The van der Waals surface area contributed by atoms with Crippen molar-refractivity contribution in [3.8, 4) is 0 Å². The summed E-state index contributed by atoms with van der Waals surface area (Å²) in [5.74, 6) is 0. The zero-order valence-electron chi connectivity index (χ0n) is 12.0. The molecule has 0 aromatic carbocycles. The van der Waals surface area contributed by atoms with Gasteiger partial charge in [-0.25, -0.2) is 37.3 Å². The van der Waals surface area contributed by atoms with Crippen molar-refractivity contribution >= 4 is 31.9 Å². The highest BCUT2D eigenvalue weighted by Gasteiger charge is 2.54. The first-order valence-electron chi connectivity index (χ1n) is 6.30. The van der Waals surface area contributed by atoms with Crippen LogP contribution in [0.4, 0.5) is 0 Å². The summed E-state index contributed by atoms with van der Waals surface area (Å²) in [5, 5.41) is 2.34. The normalized spacial score (nSPS) is 29.5. The first-order chi connectivity index (χ1) is 10.2. The van der Waals surface area contributed by atoms with Gasteiger partial charge < -0.3 is 0 Å². The predicted octanol–water partition coefficient (Wildman–Crippen LogP) is -8.12. The Morgan fingerprint density at radius 2 is 0.826 bits per heavy atom. The predicted molar refractivity (Wildman–Crippen MR) is 62.2 cm³/mol. The van der Waals surface area contributed by atoms with Gasteiger partial charge in [-0.05, 0) is 0 Å². The second-order valence-electron chi connectivity index (χ2n) is 5.30. The van der Waals surface area contributed by atoms with E-state index in [9.17, 15) is 0 Å². The zero-order valence-corrected chi connectivity index (χ0v) is 16.7. The molecule has 0 aliphatic carbocycles. The number of quaternary nitrogens is 2. The Morgan fingerprint density at radius 3 is 1.00 bits per heavy atom. The van der Waals surface area contributed by atoms with Crippen LogP contribution < -0.4 is 37.3 Å². The SMILES string of the molecule is BrCC[N+]12CC[N+](CCBr)(CC1)C2.[O-][Cl+3]([O-])([O-])[O-].[O-][Cl+3]([O-])([O-])[O-]. The maximum absolute atomic E-state index is 8.49. The number of rotatable bonds is 4. The number of alkyl halides is 2. The van der Waals surface area contributed by atoms with Crippen molar-refractivity contribution in [3.63, 3.8) is 0 Å². The number of nitrogens with zero attached hydrogens (tertiary/aromatic N) is 2. The maximum Gasteiger partial charge on any atom is 0.208 e. The molecule has 0 saturated carbocycles. The molecule has 0 radical (unpaired) electrons. The third-order valence-electron chi connectivity index (χ3n) is 3.82. The molecule has 2 aliphatic heterocycles. The van der Waals surface area contributed by atoms with Gasteiger partial charge in [0.1, 0.15) is 26.2 Å². The van der Waals surface area contributed by atoms with Crippen molar-refractivity contribution in [2.24, 2.45) is 0 Å². The van der Waals surface area contributed by atoms with Crippen LogP contribution in [0.5, 0.6) is 0 Å². The molecule has 10 nitrogen and oxygen atoms in total. The molecular formula is C9H18Br2Cl2N2O8. The summed E-state index contributed by atoms with van der Waals surface area (Å²) in [4.78, 5) is 0. The Balaban J connectivity index is 0.000000406. The summed E-state index contributed by atoms with van der Waals surface area (Å²) in [6, 6.07) is 0. The van der Waals surface area contributed by atoms with Crippen LogP contribution >= 0.6 is 31.9 Å². The molecule has 0 aromatic rings. The van der Waals surface area contributed by atoms with Crippen LogP contribution in [0.3, 0.4) is 0 Å². The molecule has 23 heavy (non-hydrogen) atoms. The van der Waals surface area contributed by atoms with Crippen LogP contribution in [0, 0.1) is 20.5 Å². The highest BCUT2D eigenvalue weighted by Crippen LogP contribution is 2.31.